The summed E-state index contributed by atoms with van der Waals surface area (Å²) in [7, 11) is 1.61. The zero-order chi connectivity index (χ0) is 15.5. The Morgan fingerprint density at radius 3 is 3.05 bits per heavy atom. The van der Waals surface area contributed by atoms with Gasteiger partial charge in [0.25, 0.3) is 5.91 Å². The molecule has 3 rings (SSSR count). The second-order valence-electron chi connectivity index (χ2n) is 5.79. The van der Waals surface area contributed by atoms with E-state index >= 15 is 0 Å². The number of nitrogens with zero attached hydrogens (tertiary/aromatic N) is 2. The predicted octanol–water partition coefficient (Wildman–Crippen LogP) is 2.75. The van der Waals surface area contributed by atoms with Crippen molar-refractivity contribution < 1.29 is 9.53 Å². The summed E-state index contributed by atoms with van der Waals surface area (Å²) < 4.78 is 5.20. The summed E-state index contributed by atoms with van der Waals surface area (Å²) in [4.78, 5) is 14.6. The lowest BCUT2D eigenvalue weighted by molar-refractivity contribution is 0.0705. The lowest BCUT2D eigenvalue weighted by Gasteiger charge is -2.32. The van der Waals surface area contributed by atoms with E-state index in [1.807, 2.05) is 29.3 Å². The minimum absolute atomic E-state index is 0.0702. The van der Waals surface area contributed by atoms with Gasteiger partial charge >= 0.3 is 0 Å². The number of likely N-dealkylation sites (tertiary alicyclic amines) is 1. The van der Waals surface area contributed by atoms with E-state index < -0.39 is 0 Å². The van der Waals surface area contributed by atoms with Gasteiger partial charge in [-0.1, -0.05) is 6.07 Å². The van der Waals surface area contributed by atoms with Crippen molar-refractivity contribution in [2.75, 3.05) is 20.2 Å². The number of rotatable bonds is 3. The highest BCUT2D eigenvalue weighted by atomic mass is 16.5. The molecule has 2 heterocycles. The number of amides is 1. The number of ether oxygens (including phenoxy) is 1. The average molecular weight is 299 g/mol. The van der Waals surface area contributed by atoms with Crippen LogP contribution < -0.4 is 4.74 Å². The molecule has 1 aromatic heterocycles. The van der Waals surface area contributed by atoms with E-state index in [0.717, 1.165) is 31.6 Å². The van der Waals surface area contributed by atoms with Crippen LogP contribution in [0.25, 0.3) is 0 Å². The molecule has 2 aromatic rings. The minimum Gasteiger partial charge on any atom is -0.497 e. The fourth-order valence-corrected chi connectivity index (χ4v) is 3.11. The van der Waals surface area contributed by atoms with Gasteiger partial charge in [-0.05, 0) is 43.5 Å². The molecule has 1 saturated heterocycles. The number of hydrogen-bond acceptors (Lipinski definition) is 3. The fourth-order valence-electron chi connectivity index (χ4n) is 3.11. The Labute approximate surface area is 130 Å². The Morgan fingerprint density at radius 2 is 2.32 bits per heavy atom. The number of hydrogen-bond donors (Lipinski definition) is 1. The molecule has 1 atom stereocenters. The monoisotopic (exact) mass is 299 g/mol. The molecular weight excluding hydrogens is 278 g/mol. The van der Waals surface area contributed by atoms with Crippen molar-refractivity contribution in [1.82, 2.24) is 15.1 Å². The van der Waals surface area contributed by atoms with Gasteiger partial charge in [0, 0.05) is 30.3 Å². The van der Waals surface area contributed by atoms with Crippen molar-refractivity contribution in [3.05, 3.63) is 47.3 Å². The van der Waals surface area contributed by atoms with Gasteiger partial charge in [0.1, 0.15) is 5.75 Å². The van der Waals surface area contributed by atoms with Crippen molar-refractivity contribution in [3.8, 4) is 5.75 Å². The van der Waals surface area contributed by atoms with Gasteiger partial charge in [0.05, 0.1) is 13.3 Å². The van der Waals surface area contributed by atoms with Gasteiger partial charge in [0.15, 0.2) is 0 Å². The Bertz CT molecular complexity index is 665. The van der Waals surface area contributed by atoms with E-state index in [1.165, 1.54) is 5.56 Å². The summed E-state index contributed by atoms with van der Waals surface area (Å²) in [5, 5.41) is 7.19. The number of aryl methyl sites for hydroxylation is 1. The third-order valence-corrected chi connectivity index (χ3v) is 4.30. The normalized spacial score (nSPS) is 18.3. The zero-order valence-corrected chi connectivity index (χ0v) is 13.0. The smallest absolute Gasteiger partial charge is 0.254 e. The summed E-state index contributed by atoms with van der Waals surface area (Å²) in [6.45, 7) is 3.60. The topological polar surface area (TPSA) is 58.2 Å². The average Bonchev–Trinajstić information content (AvgIpc) is 3.00. The molecule has 1 fully saturated rings. The number of aromatic amines is 1. The van der Waals surface area contributed by atoms with Gasteiger partial charge in [-0.3, -0.25) is 9.89 Å². The maximum atomic E-state index is 12.7. The third-order valence-electron chi connectivity index (χ3n) is 4.30. The molecule has 5 heteroatoms. The van der Waals surface area contributed by atoms with E-state index in [-0.39, 0.29) is 5.91 Å². The lowest BCUT2D eigenvalue weighted by Crippen LogP contribution is -2.39. The first-order valence-electron chi connectivity index (χ1n) is 7.62. The van der Waals surface area contributed by atoms with E-state index in [4.69, 9.17) is 4.74 Å². The van der Waals surface area contributed by atoms with Crippen LogP contribution in [0, 0.1) is 6.92 Å². The van der Waals surface area contributed by atoms with E-state index in [2.05, 4.69) is 17.1 Å². The SMILES string of the molecule is COc1cccc(C(=O)N2CCC[C@@H](c3[nH]ncc3C)C2)c1. The fraction of sp³-hybridized carbons (Fsp3) is 0.412. The maximum Gasteiger partial charge on any atom is 0.254 e. The minimum atomic E-state index is 0.0702. The molecular formula is C17H21N3O2. The molecule has 1 aliphatic rings. The van der Waals surface area contributed by atoms with Crippen LogP contribution >= 0.6 is 0 Å². The third kappa shape index (κ3) is 2.84. The van der Waals surface area contributed by atoms with E-state index in [9.17, 15) is 4.79 Å². The van der Waals surface area contributed by atoms with Gasteiger partial charge in [-0.25, -0.2) is 0 Å². The summed E-state index contributed by atoms with van der Waals surface area (Å²) in [5.41, 5.74) is 3.00. The van der Waals surface area contributed by atoms with Crippen LogP contribution in [-0.4, -0.2) is 41.2 Å². The quantitative estimate of drug-likeness (QED) is 0.948. The zero-order valence-electron chi connectivity index (χ0n) is 13.0. The predicted molar refractivity (Wildman–Crippen MR) is 84.2 cm³/mol. The number of benzene rings is 1. The molecule has 0 spiro atoms. The molecule has 0 aliphatic carbocycles. The number of aromatic nitrogens is 2. The summed E-state index contributed by atoms with van der Waals surface area (Å²) in [5.74, 6) is 1.12. The highest BCUT2D eigenvalue weighted by Gasteiger charge is 2.27. The van der Waals surface area contributed by atoms with Crippen molar-refractivity contribution in [2.45, 2.75) is 25.7 Å². The van der Waals surface area contributed by atoms with Crippen molar-refractivity contribution >= 4 is 5.91 Å². The highest BCUT2D eigenvalue weighted by Crippen LogP contribution is 2.28. The maximum absolute atomic E-state index is 12.7. The second kappa shape index (κ2) is 6.22. The first kappa shape index (κ1) is 14.6. The number of piperidine rings is 1. The Kier molecular flexibility index (Phi) is 4.13. The number of carbonyl (C=O) groups excluding carboxylic acids is 1. The molecule has 0 bridgehead atoms. The summed E-state index contributed by atoms with van der Waals surface area (Å²) >= 11 is 0. The van der Waals surface area contributed by atoms with Gasteiger partial charge in [-0.2, -0.15) is 5.10 Å². The van der Waals surface area contributed by atoms with Crippen LogP contribution in [0.2, 0.25) is 0 Å². The first-order chi connectivity index (χ1) is 10.7. The molecule has 116 valence electrons. The molecule has 1 N–H and O–H groups in total. The van der Waals surface area contributed by atoms with Gasteiger partial charge in [-0.15, -0.1) is 0 Å². The standard InChI is InChI=1S/C17H21N3O2/c1-12-10-18-19-16(12)14-6-4-8-20(11-14)17(21)13-5-3-7-15(9-13)22-2/h3,5,7,9-10,14H,4,6,8,11H2,1-2H3,(H,18,19)/t14-/m1/s1. The van der Waals surface area contributed by atoms with Crippen molar-refractivity contribution in [2.24, 2.45) is 0 Å². The van der Waals surface area contributed by atoms with Gasteiger partial charge in [0.2, 0.25) is 0 Å². The number of carbonyl (C=O) groups is 1. The van der Waals surface area contributed by atoms with Crippen molar-refractivity contribution in [1.29, 1.82) is 0 Å². The van der Waals surface area contributed by atoms with E-state index in [1.54, 1.807) is 13.2 Å². The Morgan fingerprint density at radius 1 is 1.45 bits per heavy atom. The lowest BCUT2D eigenvalue weighted by atomic mass is 9.92. The summed E-state index contributed by atoms with van der Waals surface area (Å²) in [6.07, 6.45) is 3.95. The largest absolute Gasteiger partial charge is 0.497 e. The van der Waals surface area contributed by atoms with Crippen LogP contribution in [0.4, 0.5) is 0 Å². The van der Waals surface area contributed by atoms with Crippen molar-refractivity contribution in [3.63, 3.8) is 0 Å². The van der Waals surface area contributed by atoms with Crippen LogP contribution in [-0.2, 0) is 0 Å². The van der Waals surface area contributed by atoms with Crippen LogP contribution in [0.5, 0.6) is 5.75 Å². The molecule has 22 heavy (non-hydrogen) atoms. The highest BCUT2D eigenvalue weighted by molar-refractivity contribution is 5.94. The second-order valence-corrected chi connectivity index (χ2v) is 5.79. The Balaban J connectivity index is 1.76. The number of nitrogens with one attached hydrogen (secondary N) is 1. The van der Waals surface area contributed by atoms with Crippen LogP contribution in [0.3, 0.4) is 0 Å². The molecule has 5 nitrogen and oxygen atoms in total. The molecule has 1 aliphatic heterocycles. The number of methoxy groups -OCH3 is 1. The summed E-state index contributed by atoms with van der Waals surface area (Å²) in [6, 6.07) is 7.35. The number of H-pyrrole nitrogens is 1. The molecule has 0 radical (unpaired) electrons. The first-order valence-corrected chi connectivity index (χ1v) is 7.62. The van der Waals surface area contributed by atoms with E-state index in [0.29, 0.717) is 17.2 Å². The molecule has 0 saturated carbocycles. The Hall–Kier alpha value is -2.30. The molecule has 1 aromatic carbocycles. The molecule has 0 unspecified atom stereocenters. The van der Waals surface area contributed by atoms with Gasteiger partial charge < -0.3 is 9.64 Å². The van der Waals surface area contributed by atoms with Crippen LogP contribution in [0.15, 0.2) is 30.5 Å². The molecule has 1 amide bonds. The van der Waals surface area contributed by atoms with Crippen LogP contribution in [0.1, 0.15) is 40.4 Å².